The highest BCUT2D eigenvalue weighted by atomic mass is 16.2. The molecule has 1 aromatic rings. The van der Waals surface area contributed by atoms with Crippen LogP contribution < -0.4 is 10.6 Å². The second kappa shape index (κ2) is 4.34. The number of carbonyl (C=O) groups is 2. The summed E-state index contributed by atoms with van der Waals surface area (Å²) in [5, 5.41) is 8.84. The molecule has 1 saturated carbocycles. The molecule has 0 atom stereocenters. The molecule has 0 radical (unpaired) electrons. The van der Waals surface area contributed by atoms with Crippen LogP contribution in [0.25, 0.3) is 0 Å². The average Bonchev–Trinajstić information content (AvgIpc) is 2.98. The molecule has 2 fully saturated rings. The Morgan fingerprint density at radius 2 is 1.95 bits per heavy atom. The molecule has 1 aliphatic carbocycles. The maximum absolute atomic E-state index is 12.6. The number of imide groups is 1. The molecule has 0 unspecified atom stereocenters. The molecule has 3 rings (SSSR count). The largest absolute Gasteiger partial charge is 0.397 e. The van der Waals surface area contributed by atoms with Crippen LogP contribution in [0.5, 0.6) is 0 Å². The Kier molecular flexibility index (Phi) is 2.75. The van der Waals surface area contributed by atoms with Crippen LogP contribution in [0, 0.1) is 16.7 Å². The zero-order valence-electron chi connectivity index (χ0n) is 11.1. The van der Waals surface area contributed by atoms with Gasteiger partial charge in [0.15, 0.2) is 0 Å². The Hall–Kier alpha value is -2.35. The lowest BCUT2D eigenvalue weighted by Crippen LogP contribution is -2.34. The lowest BCUT2D eigenvalue weighted by atomic mass is 9.84. The molecular formula is C15H15N3O2. The van der Waals surface area contributed by atoms with Crippen LogP contribution in [0.3, 0.4) is 0 Å². The minimum absolute atomic E-state index is 0.128. The molecule has 5 nitrogen and oxygen atoms in total. The highest BCUT2D eigenvalue weighted by Gasteiger charge is 2.53. The molecule has 0 aromatic heterocycles. The number of hydrogen-bond donors (Lipinski definition) is 1. The van der Waals surface area contributed by atoms with Crippen molar-refractivity contribution < 1.29 is 9.59 Å². The van der Waals surface area contributed by atoms with Gasteiger partial charge in [-0.25, -0.2) is 4.90 Å². The first-order chi connectivity index (χ1) is 9.57. The van der Waals surface area contributed by atoms with Crippen molar-refractivity contribution in [1.29, 1.82) is 5.26 Å². The summed E-state index contributed by atoms with van der Waals surface area (Å²) in [6, 6.07) is 6.64. The van der Waals surface area contributed by atoms with Gasteiger partial charge >= 0.3 is 0 Å². The number of rotatable bonds is 1. The van der Waals surface area contributed by atoms with Crippen molar-refractivity contribution in [3.05, 3.63) is 23.8 Å². The van der Waals surface area contributed by atoms with Crippen LogP contribution in [0.2, 0.25) is 0 Å². The number of hydrogen-bond acceptors (Lipinski definition) is 4. The van der Waals surface area contributed by atoms with E-state index in [1.54, 1.807) is 12.1 Å². The number of nitrogen functional groups attached to an aromatic ring is 1. The van der Waals surface area contributed by atoms with Crippen molar-refractivity contribution in [2.75, 3.05) is 10.6 Å². The first kappa shape index (κ1) is 12.7. The second-order valence-electron chi connectivity index (χ2n) is 5.58. The summed E-state index contributed by atoms with van der Waals surface area (Å²) in [7, 11) is 0. The van der Waals surface area contributed by atoms with E-state index in [0.717, 1.165) is 25.7 Å². The van der Waals surface area contributed by atoms with Gasteiger partial charge in [-0.1, -0.05) is 12.8 Å². The average molecular weight is 269 g/mol. The van der Waals surface area contributed by atoms with Crippen molar-refractivity contribution in [2.45, 2.75) is 32.1 Å². The molecule has 2 N–H and O–H groups in total. The van der Waals surface area contributed by atoms with Gasteiger partial charge in [0.1, 0.15) is 0 Å². The van der Waals surface area contributed by atoms with Crippen molar-refractivity contribution in [3.8, 4) is 6.07 Å². The van der Waals surface area contributed by atoms with Crippen LogP contribution in [0.1, 0.15) is 37.7 Å². The Bertz CT molecular complexity index is 639. The summed E-state index contributed by atoms with van der Waals surface area (Å²) in [6.07, 6.45) is 3.84. The Morgan fingerprint density at radius 3 is 2.55 bits per heavy atom. The smallest absolute Gasteiger partial charge is 0.240 e. The SMILES string of the molecule is N#Cc1ccc(N2C(=O)CC3(CCCC3)C2=O)c(N)c1. The normalized spacial score (nSPS) is 20.6. The third-order valence-electron chi connectivity index (χ3n) is 4.35. The van der Waals surface area contributed by atoms with Gasteiger partial charge < -0.3 is 5.73 Å². The fourth-order valence-electron chi connectivity index (χ4n) is 3.31. The first-order valence-corrected chi connectivity index (χ1v) is 6.74. The Labute approximate surface area is 117 Å². The summed E-state index contributed by atoms with van der Waals surface area (Å²) >= 11 is 0. The van der Waals surface area contributed by atoms with Crippen LogP contribution in [-0.2, 0) is 9.59 Å². The summed E-state index contributed by atoms with van der Waals surface area (Å²) in [4.78, 5) is 26.1. The van der Waals surface area contributed by atoms with E-state index in [2.05, 4.69) is 0 Å². The zero-order valence-corrected chi connectivity index (χ0v) is 11.1. The standard InChI is InChI=1S/C15H15N3O2/c16-9-10-3-4-12(11(17)7-10)18-13(19)8-15(14(18)20)5-1-2-6-15/h3-4,7H,1-2,5-6,8,17H2. The van der Waals surface area contributed by atoms with E-state index >= 15 is 0 Å². The van der Waals surface area contributed by atoms with Gasteiger partial charge in [0.05, 0.1) is 28.4 Å². The minimum atomic E-state index is -0.503. The molecule has 1 saturated heterocycles. The van der Waals surface area contributed by atoms with E-state index in [0.29, 0.717) is 16.9 Å². The Balaban J connectivity index is 2.00. The second-order valence-corrected chi connectivity index (χ2v) is 5.58. The molecule has 1 heterocycles. The summed E-state index contributed by atoms with van der Waals surface area (Å²) in [6.45, 7) is 0. The van der Waals surface area contributed by atoms with Crippen LogP contribution in [0.15, 0.2) is 18.2 Å². The predicted octanol–water partition coefficient (Wildman–Crippen LogP) is 1.96. The lowest BCUT2D eigenvalue weighted by molar-refractivity contribution is -0.125. The van der Waals surface area contributed by atoms with Crippen molar-refractivity contribution in [2.24, 2.45) is 5.41 Å². The fourth-order valence-corrected chi connectivity index (χ4v) is 3.31. The van der Waals surface area contributed by atoms with E-state index in [9.17, 15) is 9.59 Å². The predicted molar refractivity (Wildman–Crippen MR) is 73.6 cm³/mol. The van der Waals surface area contributed by atoms with E-state index in [4.69, 9.17) is 11.0 Å². The van der Waals surface area contributed by atoms with Crippen molar-refractivity contribution in [1.82, 2.24) is 0 Å². The van der Waals surface area contributed by atoms with Gasteiger partial charge in [-0.2, -0.15) is 5.26 Å². The number of amides is 2. The highest BCUT2D eigenvalue weighted by Crippen LogP contribution is 2.48. The molecule has 102 valence electrons. The van der Waals surface area contributed by atoms with Gasteiger partial charge in [0, 0.05) is 6.42 Å². The third-order valence-corrected chi connectivity index (χ3v) is 4.35. The Morgan fingerprint density at radius 1 is 1.25 bits per heavy atom. The number of carbonyl (C=O) groups excluding carboxylic acids is 2. The number of anilines is 2. The number of nitrogens with two attached hydrogens (primary N) is 1. The summed E-state index contributed by atoms with van der Waals surface area (Å²) < 4.78 is 0. The minimum Gasteiger partial charge on any atom is -0.397 e. The molecule has 2 aliphatic rings. The summed E-state index contributed by atoms with van der Waals surface area (Å²) in [5.41, 5.74) is 6.50. The van der Waals surface area contributed by atoms with Gasteiger partial charge in [-0.3, -0.25) is 9.59 Å². The van der Waals surface area contributed by atoms with E-state index < -0.39 is 5.41 Å². The monoisotopic (exact) mass is 269 g/mol. The zero-order chi connectivity index (χ0) is 14.3. The number of nitriles is 1. The molecule has 2 amide bonds. The summed E-state index contributed by atoms with van der Waals surface area (Å²) in [5.74, 6) is -0.315. The van der Waals surface area contributed by atoms with Gasteiger partial charge in [-0.15, -0.1) is 0 Å². The topological polar surface area (TPSA) is 87.2 Å². The van der Waals surface area contributed by atoms with Gasteiger partial charge in [0.25, 0.3) is 0 Å². The molecular weight excluding hydrogens is 254 g/mol. The molecule has 0 bridgehead atoms. The number of benzene rings is 1. The van der Waals surface area contributed by atoms with Crippen LogP contribution in [0.4, 0.5) is 11.4 Å². The van der Waals surface area contributed by atoms with Gasteiger partial charge in [0.2, 0.25) is 11.8 Å². The lowest BCUT2D eigenvalue weighted by Gasteiger charge is -2.21. The van der Waals surface area contributed by atoms with Crippen molar-refractivity contribution >= 4 is 23.2 Å². The van der Waals surface area contributed by atoms with Crippen molar-refractivity contribution in [3.63, 3.8) is 0 Å². The van der Waals surface area contributed by atoms with Crippen LogP contribution >= 0.6 is 0 Å². The highest BCUT2D eigenvalue weighted by molar-refractivity contribution is 6.23. The fraction of sp³-hybridized carbons (Fsp3) is 0.400. The molecule has 5 heteroatoms. The maximum atomic E-state index is 12.6. The van der Waals surface area contributed by atoms with E-state index in [1.807, 2.05) is 6.07 Å². The quantitative estimate of drug-likeness (QED) is 0.623. The molecule has 20 heavy (non-hydrogen) atoms. The maximum Gasteiger partial charge on any atom is 0.240 e. The van der Waals surface area contributed by atoms with E-state index in [1.165, 1.54) is 11.0 Å². The van der Waals surface area contributed by atoms with Gasteiger partial charge in [-0.05, 0) is 31.0 Å². The molecule has 1 aliphatic heterocycles. The molecule has 1 spiro atoms. The number of nitrogens with zero attached hydrogens (tertiary/aromatic N) is 2. The third kappa shape index (κ3) is 1.68. The van der Waals surface area contributed by atoms with E-state index in [-0.39, 0.29) is 18.2 Å². The van der Waals surface area contributed by atoms with Crippen LogP contribution in [-0.4, -0.2) is 11.8 Å². The first-order valence-electron chi connectivity index (χ1n) is 6.74. The molecule has 1 aromatic carbocycles.